The third-order valence-corrected chi connectivity index (χ3v) is 5.18. The van der Waals surface area contributed by atoms with Gasteiger partial charge in [0.2, 0.25) is 5.91 Å². The molecule has 1 unspecified atom stereocenters. The Hall–Kier alpha value is -1.95. The van der Waals surface area contributed by atoms with Gasteiger partial charge < -0.3 is 25.0 Å². The SMILES string of the molecule is COc1cc(OC)cc(N2CCC(CNC(=O)[C@H]3CCCCN3)C2)c1. The molecule has 2 aliphatic heterocycles. The molecule has 3 rings (SSSR count). The molecule has 1 amide bonds. The lowest BCUT2D eigenvalue weighted by Crippen LogP contribution is -2.47. The predicted molar refractivity (Wildman–Crippen MR) is 98.5 cm³/mol. The molecule has 0 aromatic heterocycles. The summed E-state index contributed by atoms with van der Waals surface area (Å²) < 4.78 is 10.7. The van der Waals surface area contributed by atoms with Crippen LogP contribution < -0.4 is 25.0 Å². The second-order valence-corrected chi connectivity index (χ2v) is 6.92. The van der Waals surface area contributed by atoms with Crippen LogP contribution >= 0.6 is 0 Å². The maximum Gasteiger partial charge on any atom is 0.237 e. The highest BCUT2D eigenvalue weighted by Gasteiger charge is 2.26. The molecule has 2 saturated heterocycles. The number of methoxy groups -OCH3 is 2. The lowest BCUT2D eigenvalue weighted by Gasteiger charge is -2.23. The summed E-state index contributed by atoms with van der Waals surface area (Å²) in [5.41, 5.74) is 1.11. The first-order valence-corrected chi connectivity index (χ1v) is 9.18. The monoisotopic (exact) mass is 347 g/mol. The number of benzene rings is 1. The van der Waals surface area contributed by atoms with Crippen molar-refractivity contribution in [3.05, 3.63) is 18.2 Å². The Morgan fingerprint density at radius 2 is 1.96 bits per heavy atom. The molecule has 6 heteroatoms. The van der Waals surface area contributed by atoms with E-state index in [0.717, 1.165) is 62.6 Å². The molecule has 2 N–H and O–H groups in total. The molecule has 0 spiro atoms. The van der Waals surface area contributed by atoms with Crippen LogP contribution in [0.5, 0.6) is 11.5 Å². The zero-order valence-corrected chi connectivity index (χ0v) is 15.2. The number of carbonyl (C=O) groups excluding carboxylic acids is 1. The molecule has 0 aliphatic carbocycles. The number of anilines is 1. The van der Waals surface area contributed by atoms with Crippen LogP contribution in [0.3, 0.4) is 0 Å². The van der Waals surface area contributed by atoms with Crippen molar-refractivity contribution in [1.29, 1.82) is 0 Å². The number of amides is 1. The minimum absolute atomic E-state index is 0.00565. The van der Waals surface area contributed by atoms with E-state index in [1.807, 2.05) is 18.2 Å². The van der Waals surface area contributed by atoms with Crippen LogP contribution in [0.25, 0.3) is 0 Å². The molecule has 6 nitrogen and oxygen atoms in total. The van der Waals surface area contributed by atoms with E-state index in [1.54, 1.807) is 14.2 Å². The molecule has 25 heavy (non-hydrogen) atoms. The van der Waals surface area contributed by atoms with E-state index in [2.05, 4.69) is 15.5 Å². The molecular weight excluding hydrogens is 318 g/mol. The molecule has 138 valence electrons. The topological polar surface area (TPSA) is 62.8 Å². The van der Waals surface area contributed by atoms with E-state index < -0.39 is 0 Å². The molecule has 1 aromatic carbocycles. The number of ether oxygens (including phenoxy) is 2. The van der Waals surface area contributed by atoms with Crippen molar-refractivity contribution in [3.63, 3.8) is 0 Å². The first kappa shape index (κ1) is 17.9. The van der Waals surface area contributed by atoms with Crippen molar-refractivity contribution in [1.82, 2.24) is 10.6 Å². The molecule has 1 aromatic rings. The van der Waals surface area contributed by atoms with Crippen molar-refractivity contribution >= 4 is 11.6 Å². The quantitative estimate of drug-likeness (QED) is 0.821. The number of nitrogens with one attached hydrogen (secondary N) is 2. The number of rotatable bonds is 6. The second kappa shape index (κ2) is 8.43. The Kier molecular flexibility index (Phi) is 6.02. The van der Waals surface area contributed by atoms with Gasteiger partial charge >= 0.3 is 0 Å². The van der Waals surface area contributed by atoms with Crippen molar-refractivity contribution in [2.24, 2.45) is 5.92 Å². The molecular formula is C19H29N3O3. The van der Waals surface area contributed by atoms with E-state index in [1.165, 1.54) is 6.42 Å². The summed E-state index contributed by atoms with van der Waals surface area (Å²) in [6, 6.07) is 5.95. The van der Waals surface area contributed by atoms with Gasteiger partial charge in [0.1, 0.15) is 11.5 Å². The van der Waals surface area contributed by atoms with Crippen LogP contribution in [-0.4, -0.2) is 52.3 Å². The van der Waals surface area contributed by atoms with Gasteiger partial charge in [-0.3, -0.25) is 4.79 Å². The highest BCUT2D eigenvalue weighted by atomic mass is 16.5. The van der Waals surface area contributed by atoms with Gasteiger partial charge in [-0.1, -0.05) is 6.42 Å². The maximum atomic E-state index is 12.3. The number of nitrogens with zero attached hydrogens (tertiary/aromatic N) is 1. The zero-order chi connectivity index (χ0) is 17.6. The fourth-order valence-corrected chi connectivity index (χ4v) is 3.65. The van der Waals surface area contributed by atoms with Gasteiger partial charge in [-0.05, 0) is 31.7 Å². The summed E-state index contributed by atoms with van der Waals surface area (Å²) in [5, 5.41) is 6.44. The Balaban J connectivity index is 1.52. The lowest BCUT2D eigenvalue weighted by atomic mass is 10.0. The van der Waals surface area contributed by atoms with E-state index in [9.17, 15) is 4.79 Å². The summed E-state index contributed by atoms with van der Waals surface area (Å²) in [7, 11) is 3.33. The summed E-state index contributed by atoms with van der Waals surface area (Å²) in [4.78, 5) is 14.6. The van der Waals surface area contributed by atoms with Gasteiger partial charge in [0.25, 0.3) is 0 Å². The predicted octanol–water partition coefficient (Wildman–Crippen LogP) is 1.79. The van der Waals surface area contributed by atoms with Crippen LogP contribution in [0.15, 0.2) is 18.2 Å². The average molecular weight is 347 g/mol. The molecule has 0 saturated carbocycles. The van der Waals surface area contributed by atoms with Gasteiger partial charge in [0, 0.05) is 43.5 Å². The second-order valence-electron chi connectivity index (χ2n) is 6.92. The Morgan fingerprint density at radius 3 is 2.60 bits per heavy atom. The van der Waals surface area contributed by atoms with Gasteiger partial charge in [0.05, 0.1) is 20.3 Å². The smallest absolute Gasteiger partial charge is 0.237 e. The Morgan fingerprint density at radius 1 is 1.20 bits per heavy atom. The van der Waals surface area contributed by atoms with Crippen LogP contribution in [0.4, 0.5) is 5.69 Å². The molecule has 2 atom stereocenters. The molecule has 0 radical (unpaired) electrons. The largest absolute Gasteiger partial charge is 0.497 e. The minimum Gasteiger partial charge on any atom is -0.497 e. The minimum atomic E-state index is -0.00565. The number of hydrogen-bond donors (Lipinski definition) is 2. The fraction of sp³-hybridized carbons (Fsp3) is 0.632. The first-order valence-electron chi connectivity index (χ1n) is 9.18. The normalized spacial score (nSPS) is 23.4. The van der Waals surface area contributed by atoms with Gasteiger partial charge in [0.15, 0.2) is 0 Å². The first-order chi connectivity index (χ1) is 12.2. The van der Waals surface area contributed by atoms with Crippen LogP contribution in [0, 0.1) is 5.92 Å². The molecule has 2 aliphatic rings. The third-order valence-electron chi connectivity index (χ3n) is 5.18. The highest BCUT2D eigenvalue weighted by Crippen LogP contribution is 2.31. The summed E-state index contributed by atoms with van der Waals surface area (Å²) in [5.74, 6) is 2.23. The summed E-state index contributed by atoms with van der Waals surface area (Å²) in [6.45, 7) is 3.62. The Bertz CT molecular complexity index is 565. The third kappa shape index (κ3) is 4.57. The maximum absolute atomic E-state index is 12.3. The van der Waals surface area contributed by atoms with Crippen molar-refractivity contribution in [3.8, 4) is 11.5 Å². The van der Waals surface area contributed by atoms with Crippen LogP contribution in [0.1, 0.15) is 25.7 Å². The van der Waals surface area contributed by atoms with Crippen molar-refractivity contribution in [2.75, 3.05) is 45.3 Å². The zero-order valence-electron chi connectivity index (χ0n) is 15.2. The van der Waals surface area contributed by atoms with Crippen LogP contribution in [0.2, 0.25) is 0 Å². The van der Waals surface area contributed by atoms with E-state index in [0.29, 0.717) is 5.92 Å². The molecule has 2 fully saturated rings. The van der Waals surface area contributed by atoms with E-state index in [-0.39, 0.29) is 11.9 Å². The fourth-order valence-electron chi connectivity index (χ4n) is 3.65. The van der Waals surface area contributed by atoms with Gasteiger partial charge in [-0.2, -0.15) is 0 Å². The highest BCUT2D eigenvalue weighted by molar-refractivity contribution is 5.81. The average Bonchev–Trinajstić information content (AvgIpc) is 3.15. The lowest BCUT2D eigenvalue weighted by molar-refractivity contribution is -0.123. The molecule has 2 heterocycles. The van der Waals surface area contributed by atoms with E-state index in [4.69, 9.17) is 9.47 Å². The molecule has 0 bridgehead atoms. The number of hydrogen-bond acceptors (Lipinski definition) is 5. The van der Waals surface area contributed by atoms with Crippen molar-refractivity contribution in [2.45, 2.75) is 31.7 Å². The van der Waals surface area contributed by atoms with Crippen molar-refractivity contribution < 1.29 is 14.3 Å². The van der Waals surface area contributed by atoms with Crippen LogP contribution in [-0.2, 0) is 4.79 Å². The Labute approximate surface area is 149 Å². The van der Waals surface area contributed by atoms with E-state index >= 15 is 0 Å². The number of carbonyl (C=O) groups is 1. The van der Waals surface area contributed by atoms with Gasteiger partial charge in [-0.25, -0.2) is 0 Å². The summed E-state index contributed by atoms with van der Waals surface area (Å²) >= 11 is 0. The summed E-state index contributed by atoms with van der Waals surface area (Å²) in [6.07, 6.45) is 4.34. The number of piperidine rings is 1. The standard InChI is InChI=1S/C19H29N3O3/c1-24-16-9-15(10-17(11-16)25-2)22-8-6-14(13-22)12-21-19(23)18-5-3-4-7-20-18/h9-11,14,18,20H,3-8,12-13H2,1-2H3,(H,21,23)/t14?,18-/m1/s1. The van der Waals surface area contributed by atoms with Gasteiger partial charge in [-0.15, -0.1) is 0 Å².